The van der Waals surface area contributed by atoms with Crippen LogP contribution >= 0.6 is 0 Å². The van der Waals surface area contributed by atoms with E-state index in [0.29, 0.717) is 10.8 Å². The number of benzene rings is 1. The molecule has 96 valence electrons. The molecule has 1 amide bonds. The molecule has 0 saturated carbocycles. The minimum Gasteiger partial charge on any atom is -0.384 e. The van der Waals surface area contributed by atoms with Gasteiger partial charge in [-0.05, 0) is 19.1 Å². The lowest BCUT2D eigenvalue weighted by molar-refractivity contribution is -0.119. The molecule has 0 atom stereocenters. The summed E-state index contributed by atoms with van der Waals surface area (Å²) in [5.41, 5.74) is 6.00. The molecule has 1 aromatic carbocycles. The number of hydrogen-bond donors (Lipinski definition) is 2. The Kier molecular flexibility index (Phi) is 4.89. The molecule has 0 unspecified atom stereocenters. The molecule has 6 heteroatoms. The number of carbonyl (C=O) groups is 1. The van der Waals surface area contributed by atoms with E-state index in [1.807, 2.05) is 0 Å². The molecule has 0 heterocycles. The van der Waals surface area contributed by atoms with Crippen molar-refractivity contribution in [2.45, 2.75) is 6.92 Å². The normalized spacial score (nSPS) is 11.6. The third-order valence-corrected chi connectivity index (χ3v) is 2.14. The highest BCUT2D eigenvalue weighted by Crippen LogP contribution is 2.11. The number of rotatable bonds is 4. The van der Waals surface area contributed by atoms with Crippen LogP contribution in [0.15, 0.2) is 47.3 Å². The van der Waals surface area contributed by atoms with Gasteiger partial charge in [0.2, 0.25) is 0 Å². The lowest BCUT2D eigenvalue weighted by Gasteiger charge is -2.15. The molecule has 0 bridgehead atoms. The Morgan fingerprint density at radius 3 is 2.56 bits per heavy atom. The number of amides is 1. The summed E-state index contributed by atoms with van der Waals surface area (Å²) < 4.78 is 0. The molecule has 18 heavy (non-hydrogen) atoms. The second kappa shape index (κ2) is 6.41. The molecule has 0 radical (unpaired) electrons. The smallest absolute Gasteiger partial charge is 0.278 e. The van der Waals surface area contributed by atoms with Crippen molar-refractivity contribution in [3.8, 4) is 0 Å². The summed E-state index contributed by atoms with van der Waals surface area (Å²) in [5, 5.41) is 15.4. The van der Waals surface area contributed by atoms with Gasteiger partial charge in [-0.15, -0.1) is 0 Å². The van der Waals surface area contributed by atoms with Crippen molar-refractivity contribution in [3.63, 3.8) is 0 Å². The van der Waals surface area contributed by atoms with E-state index in [2.05, 4.69) is 5.10 Å². The number of hydroxylamine groups is 1. The third kappa shape index (κ3) is 3.60. The Morgan fingerprint density at radius 2 is 2.00 bits per heavy atom. The van der Waals surface area contributed by atoms with Crippen molar-refractivity contribution < 1.29 is 10.0 Å². The molecule has 0 fully saturated rings. The average molecular weight is 248 g/mol. The van der Waals surface area contributed by atoms with Gasteiger partial charge in [-0.25, -0.2) is 0 Å². The molecule has 6 nitrogen and oxygen atoms in total. The lowest BCUT2D eigenvalue weighted by atomic mass is 10.3. The molecular formula is C12H16N4O2. The van der Waals surface area contributed by atoms with Crippen LogP contribution in [0.5, 0.6) is 0 Å². The molecule has 1 aromatic rings. The van der Waals surface area contributed by atoms with Crippen LogP contribution in [0, 0.1) is 0 Å². The number of anilines is 1. The predicted molar refractivity (Wildman–Crippen MR) is 69.9 cm³/mol. The van der Waals surface area contributed by atoms with Gasteiger partial charge in [0.25, 0.3) is 5.91 Å². The first-order chi connectivity index (χ1) is 8.56. The zero-order valence-corrected chi connectivity index (χ0v) is 10.3. The third-order valence-electron chi connectivity index (χ3n) is 2.14. The summed E-state index contributed by atoms with van der Waals surface area (Å²) in [6, 6.07) is 8.43. The number of para-hydroxylation sites is 1. The molecule has 0 saturated heterocycles. The maximum Gasteiger partial charge on any atom is 0.278 e. The fourth-order valence-corrected chi connectivity index (χ4v) is 1.22. The highest BCUT2D eigenvalue weighted by atomic mass is 16.5. The van der Waals surface area contributed by atoms with Gasteiger partial charge in [-0.2, -0.15) is 10.2 Å². The Morgan fingerprint density at radius 1 is 1.39 bits per heavy atom. The Balaban J connectivity index is 2.79. The van der Waals surface area contributed by atoms with Crippen molar-refractivity contribution in [2.24, 2.45) is 10.8 Å². The van der Waals surface area contributed by atoms with Crippen LogP contribution < -0.4 is 10.8 Å². The molecule has 0 aliphatic heterocycles. The number of hydrazone groups is 1. The van der Waals surface area contributed by atoms with Crippen molar-refractivity contribution >= 4 is 17.8 Å². The summed E-state index contributed by atoms with van der Waals surface area (Å²) >= 11 is 0. The van der Waals surface area contributed by atoms with Crippen molar-refractivity contribution in [1.29, 1.82) is 0 Å². The van der Waals surface area contributed by atoms with Gasteiger partial charge in [0.1, 0.15) is 5.82 Å². The Bertz CT molecular complexity index is 456. The zero-order chi connectivity index (χ0) is 13.5. The van der Waals surface area contributed by atoms with Gasteiger partial charge in [-0.1, -0.05) is 18.2 Å². The SMILES string of the molecule is C/C=N/N(C)/C(N)=C/C(=O)N(O)c1ccccc1. The highest BCUT2D eigenvalue weighted by molar-refractivity contribution is 5.99. The summed E-state index contributed by atoms with van der Waals surface area (Å²) in [5.74, 6) is -0.509. The Labute approximate surface area is 106 Å². The van der Waals surface area contributed by atoms with Crippen LogP contribution in [0.1, 0.15) is 6.92 Å². The van der Waals surface area contributed by atoms with Crippen molar-refractivity contribution in [2.75, 3.05) is 12.1 Å². The van der Waals surface area contributed by atoms with Gasteiger partial charge >= 0.3 is 0 Å². The molecular weight excluding hydrogens is 232 g/mol. The maximum atomic E-state index is 11.7. The Hall–Kier alpha value is -2.34. The van der Waals surface area contributed by atoms with Gasteiger partial charge in [-0.3, -0.25) is 15.0 Å². The number of carbonyl (C=O) groups excluding carboxylic acids is 1. The molecule has 3 N–H and O–H groups in total. The fraction of sp³-hybridized carbons (Fsp3) is 0.167. The van der Waals surface area contributed by atoms with Crippen LogP contribution in [0.3, 0.4) is 0 Å². The molecule has 1 rings (SSSR count). The van der Waals surface area contributed by atoms with E-state index < -0.39 is 5.91 Å². The van der Waals surface area contributed by atoms with E-state index in [-0.39, 0.29) is 5.82 Å². The topological polar surface area (TPSA) is 82.2 Å². The first-order valence-corrected chi connectivity index (χ1v) is 5.33. The summed E-state index contributed by atoms with van der Waals surface area (Å²) in [4.78, 5) is 11.7. The van der Waals surface area contributed by atoms with Crippen LogP contribution in [0.25, 0.3) is 0 Å². The van der Waals surface area contributed by atoms with Crippen molar-refractivity contribution in [3.05, 3.63) is 42.2 Å². The van der Waals surface area contributed by atoms with E-state index in [9.17, 15) is 10.0 Å². The lowest BCUT2D eigenvalue weighted by Crippen LogP contribution is -2.28. The molecule has 0 aliphatic carbocycles. The minimum atomic E-state index is -0.642. The first-order valence-electron chi connectivity index (χ1n) is 5.33. The van der Waals surface area contributed by atoms with Crippen LogP contribution in [-0.4, -0.2) is 29.4 Å². The second-order valence-corrected chi connectivity index (χ2v) is 3.45. The largest absolute Gasteiger partial charge is 0.384 e. The van der Waals surface area contributed by atoms with Gasteiger partial charge in [0.05, 0.1) is 5.69 Å². The fourth-order valence-electron chi connectivity index (χ4n) is 1.22. The van der Waals surface area contributed by atoms with E-state index in [1.54, 1.807) is 50.5 Å². The number of nitrogens with two attached hydrogens (primary N) is 1. The molecule has 0 aromatic heterocycles. The van der Waals surface area contributed by atoms with E-state index in [1.165, 1.54) is 5.01 Å². The van der Waals surface area contributed by atoms with Crippen molar-refractivity contribution in [1.82, 2.24) is 5.01 Å². The monoisotopic (exact) mass is 248 g/mol. The van der Waals surface area contributed by atoms with E-state index in [4.69, 9.17) is 5.73 Å². The van der Waals surface area contributed by atoms with Crippen LogP contribution in [0.2, 0.25) is 0 Å². The zero-order valence-electron chi connectivity index (χ0n) is 10.3. The summed E-state index contributed by atoms with van der Waals surface area (Å²) in [7, 11) is 1.60. The standard InChI is InChI=1S/C12H16N4O2/c1-3-14-15(2)11(13)9-12(17)16(18)10-7-5-4-6-8-10/h3-9,18H,13H2,1-2H3/b11-9+,14-3+. The van der Waals surface area contributed by atoms with Crippen LogP contribution in [0.4, 0.5) is 5.69 Å². The average Bonchev–Trinajstić information content (AvgIpc) is 2.39. The number of hydrogen-bond acceptors (Lipinski definition) is 5. The van der Waals surface area contributed by atoms with Gasteiger partial charge in [0, 0.05) is 19.3 Å². The first kappa shape index (κ1) is 13.7. The predicted octanol–water partition coefficient (Wildman–Crippen LogP) is 1.15. The number of nitrogens with zero attached hydrogens (tertiary/aromatic N) is 3. The van der Waals surface area contributed by atoms with E-state index in [0.717, 1.165) is 6.08 Å². The van der Waals surface area contributed by atoms with Gasteiger partial charge < -0.3 is 5.73 Å². The van der Waals surface area contributed by atoms with E-state index >= 15 is 0 Å². The summed E-state index contributed by atoms with van der Waals surface area (Å²) in [6.45, 7) is 1.73. The van der Waals surface area contributed by atoms with Gasteiger partial charge in [0.15, 0.2) is 0 Å². The molecule has 0 spiro atoms. The van der Waals surface area contributed by atoms with Crippen LogP contribution in [-0.2, 0) is 4.79 Å². The highest BCUT2D eigenvalue weighted by Gasteiger charge is 2.11. The minimum absolute atomic E-state index is 0.132. The summed E-state index contributed by atoms with van der Waals surface area (Å²) in [6.07, 6.45) is 2.64. The quantitative estimate of drug-likeness (QED) is 0.362. The maximum absolute atomic E-state index is 11.7. The second-order valence-electron chi connectivity index (χ2n) is 3.45. The molecule has 0 aliphatic rings.